The predicted molar refractivity (Wildman–Crippen MR) is 151 cm³/mol. The molecular weight excluding hydrogens is 503 g/mol. The minimum atomic E-state index is -0.415. The molecule has 2 aromatic heterocycles. The number of hydrogen-bond acceptors (Lipinski definition) is 4. The molecule has 0 unspecified atom stereocenters. The first-order valence-electron chi connectivity index (χ1n) is 12.5. The number of nitrogens with zero attached hydrogens (tertiary/aromatic N) is 1. The largest absolute Gasteiger partial charge is 0.363 e. The number of carbonyl (C=O) groups is 2. The SMILES string of the molecule is Cc1[nH]c(C=C2C(=O)Nc3ccc(F)cc32)c(C)c1C(=O)NCCCCCNC(=S)NCc1cccnc1. The summed E-state index contributed by atoms with van der Waals surface area (Å²) in [6.45, 7) is 5.59. The second-order valence-corrected chi connectivity index (χ2v) is 9.56. The van der Waals surface area contributed by atoms with Crippen molar-refractivity contribution in [3.05, 3.63) is 82.2 Å². The lowest BCUT2D eigenvalue weighted by atomic mass is 10.0. The Bertz CT molecular complexity index is 1370. The summed E-state index contributed by atoms with van der Waals surface area (Å²) in [7, 11) is 0. The number of halogens is 1. The molecule has 0 bridgehead atoms. The minimum absolute atomic E-state index is 0.165. The maximum absolute atomic E-state index is 13.8. The van der Waals surface area contributed by atoms with Gasteiger partial charge in [0.15, 0.2) is 5.11 Å². The lowest BCUT2D eigenvalue weighted by molar-refractivity contribution is -0.110. The first-order chi connectivity index (χ1) is 18.3. The highest BCUT2D eigenvalue weighted by molar-refractivity contribution is 7.80. The van der Waals surface area contributed by atoms with Crippen LogP contribution in [0.15, 0.2) is 42.7 Å². The van der Waals surface area contributed by atoms with Crippen molar-refractivity contribution in [1.29, 1.82) is 0 Å². The van der Waals surface area contributed by atoms with Crippen molar-refractivity contribution in [1.82, 2.24) is 25.9 Å². The zero-order valence-corrected chi connectivity index (χ0v) is 22.2. The molecule has 0 fully saturated rings. The monoisotopic (exact) mass is 534 g/mol. The molecule has 1 aliphatic heterocycles. The average Bonchev–Trinajstić information content (AvgIpc) is 3.36. The van der Waals surface area contributed by atoms with Crippen molar-refractivity contribution in [3.63, 3.8) is 0 Å². The molecule has 0 atom stereocenters. The summed E-state index contributed by atoms with van der Waals surface area (Å²) in [6.07, 6.45) is 7.91. The summed E-state index contributed by atoms with van der Waals surface area (Å²) < 4.78 is 13.8. The number of benzene rings is 1. The van der Waals surface area contributed by atoms with Crippen LogP contribution in [0.5, 0.6) is 0 Å². The lowest BCUT2D eigenvalue weighted by Crippen LogP contribution is -2.35. The van der Waals surface area contributed by atoms with Crippen LogP contribution in [0.3, 0.4) is 0 Å². The Labute approximate surface area is 226 Å². The number of pyridine rings is 1. The molecule has 0 saturated heterocycles. The second-order valence-electron chi connectivity index (χ2n) is 9.15. The second kappa shape index (κ2) is 12.5. The van der Waals surface area contributed by atoms with E-state index in [-0.39, 0.29) is 11.8 Å². The fraction of sp³-hybridized carbons (Fsp3) is 0.286. The van der Waals surface area contributed by atoms with Crippen molar-refractivity contribution in [2.75, 3.05) is 18.4 Å². The van der Waals surface area contributed by atoms with Crippen LogP contribution < -0.4 is 21.3 Å². The number of H-pyrrole nitrogens is 1. The van der Waals surface area contributed by atoms with Gasteiger partial charge in [-0.2, -0.15) is 0 Å². The van der Waals surface area contributed by atoms with E-state index < -0.39 is 5.82 Å². The van der Waals surface area contributed by atoms with Gasteiger partial charge in [-0.05, 0) is 86.8 Å². The molecule has 0 saturated carbocycles. The molecule has 4 rings (SSSR count). The lowest BCUT2D eigenvalue weighted by Gasteiger charge is -2.10. The van der Waals surface area contributed by atoms with Crippen LogP contribution in [0.25, 0.3) is 11.6 Å². The Morgan fingerprint density at radius 2 is 1.89 bits per heavy atom. The number of hydrogen-bond donors (Lipinski definition) is 5. The fourth-order valence-electron chi connectivity index (χ4n) is 4.37. The van der Waals surface area contributed by atoms with Gasteiger partial charge in [0.05, 0.1) is 11.1 Å². The van der Waals surface area contributed by atoms with E-state index in [0.29, 0.717) is 52.0 Å². The van der Waals surface area contributed by atoms with E-state index in [1.165, 1.54) is 12.1 Å². The molecule has 3 aromatic rings. The summed E-state index contributed by atoms with van der Waals surface area (Å²) in [4.78, 5) is 32.6. The van der Waals surface area contributed by atoms with Gasteiger partial charge >= 0.3 is 0 Å². The minimum Gasteiger partial charge on any atom is -0.363 e. The Morgan fingerprint density at radius 3 is 2.66 bits per heavy atom. The number of fused-ring (bicyclic) bond motifs is 1. The Morgan fingerprint density at radius 1 is 1.11 bits per heavy atom. The topological polar surface area (TPSA) is 111 Å². The number of thiocarbonyl (C=S) groups is 1. The van der Waals surface area contributed by atoms with Crippen LogP contribution >= 0.6 is 12.2 Å². The van der Waals surface area contributed by atoms with Gasteiger partial charge in [-0.1, -0.05) is 6.07 Å². The van der Waals surface area contributed by atoms with E-state index in [4.69, 9.17) is 12.2 Å². The van der Waals surface area contributed by atoms with Gasteiger partial charge in [-0.3, -0.25) is 14.6 Å². The zero-order chi connectivity index (χ0) is 27.1. The summed E-state index contributed by atoms with van der Waals surface area (Å²) in [5.74, 6) is -0.883. The van der Waals surface area contributed by atoms with Crippen LogP contribution in [-0.4, -0.2) is 40.0 Å². The predicted octanol–water partition coefficient (Wildman–Crippen LogP) is 4.22. The third-order valence-corrected chi connectivity index (χ3v) is 6.65. The molecule has 10 heteroatoms. The van der Waals surface area contributed by atoms with E-state index in [2.05, 4.69) is 31.2 Å². The Hall–Kier alpha value is -4.05. The number of aromatic nitrogens is 2. The van der Waals surface area contributed by atoms with Crippen molar-refractivity contribution in [2.24, 2.45) is 0 Å². The number of rotatable bonds is 10. The quantitative estimate of drug-likeness (QED) is 0.151. The Kier molecular flexibility index (Phi) is 8.85. The maximum atomic E-state index is 13.8. The van der Waals surface area contributed by atoms with Crippen LogP contribution in [0.1, 0.15) is 57.7 Å². The highest BCUT2D eigenvalue weighted by atomic mass is 32.1. The van der Waals surface area contributed by atoms with E-state index in [1.54, 1.807) is 24.5 Å². The van der Waals surface area contributed by atoms with Gasteiger partial charge in [-0.25, -0.2) is 4.39 Å². The summed E-state index contributed by atoms with van der Waals surface area (Å²) in [6, 6.07) is 8.06. The molecule has 8 nitrogen and oxygen atoms in total. The van der Waals surface area contributed by atoms with Crippen LogP contribution in [-0.2, 0) is 11.3 Å². The summed E-state index contributed by atoms with van der Waals surface area (Å²) in [5, 5.41) is 12.7. The Balaban J connectivity index is 1.22. The number of amides is 2. The molecule has 0 spiro atoms. The molecule has 5 N–H and O–H groups in total. The molecule has 2 amide bonds. The molecule has 3 heterocycles. The fourth-order valence-corrected chi connectivity index (χ4v) is 4.55. The summed E-state index contributed by atoms with van der Waals surface area (Å²) >= 11 is 5.30. The normalized spacial score (nSPS) is 13.2. The number of aryl methyl sites for hydroxylation is 1. The van der Waals surface area contributed by atoms with Gasteiger partial charge in [-0.15, -0.1) is 0 Å². The maximum Gasteiger partial charge on any atom is 0.256 e. The number of carbonyl (C=O) groups excluding carboxylic acids is 2. The first-order valence-corrected chi connectivity index (χ1v) is 12.9. The zero-order valence-electron chi connectivity index (χ0n) is 21.4. The third kappa shape index (κ3) is 6.63. The van der Waals surface area contributed by atoms with Gasteiger partial charge in [0.25, 0.3) is 11.8 Å². The van der Waals surface area contributed by atoms with E-state index in [1.807, 2.05) is 26.0 Å². The van der Waals surface area contributed by atoms with Gasteiger partial charge < -0.3 is 26.3 Å². The van der Waals surface area contributed by atoms with Crippen LogP contribution in [0.2, 0.25) is 0 Å². The third-order valence-electron chi connectivity index (χ3n) is 6.36. The van der Waals surface area contributed by atoms with E-state index in [9.17, 15) is 14.0 Å². The molecule has 0 aliphatic carbocycles. The van der Waals surface area contributed by atoms with Gasteiger partial charge in [0.1, 0.15) is 5.82 Å². The standard InChI is InChI=1S/C28H31FN6O2S/c1-17-24(14-22-21-13-20(29)8-9-23(21)35-26(22)36)34-18(2)25(17)27(37)31-11-4-3-5-12-32-28(38)33-16-19-7-6-10-30-15-19/h6-10,13-15,34H,3-5,11-12,16H2,1-2H3,(H,31,37)(H,35,36)(H2,32,33,38). The number of aromatic amines is 1. The molecule has 0 radical (unpaired) electrons. The van der Waals surface area contributed by atoms with Crippen LogP contribution in [0, 0.1) is 19.7 Å². The molecule has 198 valence electrons. The van der Waals surface area contributed by atoms with Crippen molar-refractivity contribution in [3.8, 4) is 0 Å². The van der Waals surface area contributed by atoms with Gasteiger partial charge in [0.2, 0.25) is 0 Å². The molecule has 1 aromatic carbocycles. The average molecular weight is 535 g/mol. The van der Waals surface area contributed by atoms with Crippen molar-refractivity contribution < 1.29 is 14.0 Å². The van der Waals surface area contributed by atoms with E-state index >= 15 is 0 Å². The number of unbranched alkanes of at least 4 members (excludes halogenated alkanes) is 2. The smallest absolute Gasteiger partial charge is 0.256 e. The highest BCUT2D eigenvalue weighted by Crippen LogP contribution is 2.34. The number of anilines is 1. The highest BCUT2D eigenvalue weighted by Gasteiger charge is 2.26. The molecule has 1 aliphatic rings. The van der Waals surface area contributed by atoms with Crippen LogP contribution in [0.4, 0.5) is 10.1 Å². The number of nitrogens with one attached hydrogen (secondary N) is 5. The van der Waals surface area contributed by atoms with E-state index in [0.717, 1.165) is 36.9 Å². The first kappa shape index (κ1) is 27.0. The van der Waals surface area contributed by atoms with Gasteiger partial charge in [0, 0.05) is 54.7 Å². The summed E-state index contributed by atoms with van der Waals surface area (Å²) in [5.41, 5.74) is 5.15. The van der Waals surface area contributed by atoms with Crippen molar-refractivity contribution >= 4 is 46.5 Å². The molecular formula is C28H31FN6O2S. The molecule has 38 heavy (non-hydrogen) atoms. The van der Waals surface area contributed by atoms with Crippen molar-refractivity contribution in [2.45, 2.75) is 39.7 Å².